The first-order valence-electron chi connectivity index (χ1n) is 6.26. The number of halogens is 1. The summed E-state index contributed by atoms with van der Waals surface area (Å²) in [6, 6.07) is 5.51. The minimum absolute atomic E-state index is 0.145. The van der Waals surface area contributed by atoms with E-state index in [9.17, 15) is 4.39 Å². The molecule has 1 aromatic rings. The van der Waals surface area contributed by atoms with Crippen LogP contribution in [0.1, 0.15) is 24.0 Å². The molecule has 1 atom stereocenters. The highest BCUT2D eigenvalue weighted by atomic mass is 19.1. The molecule has 1 fully saturated rings. The highest BCUT2D eigenvalue weighted by Crippen LogP contribution is 2.18. The molecule has 0 saturated carbocycles. The van der Waals surface area contributed by atoms with E-state index in [-0.39, 0.29) is 5.82 Å². The van der Waals surface area contributed by atoms with Gasteiger partial charge in [-0.1, -0.05) is 12.1 Å². The van der Waals surface area contributed by atoms with E-state index in [0.29, 0.717) is 18.1 Å². The van der Waals surface area contributed by atoms with E-state index >= 15 is 0 Å². The summed E-state index contributed by atoms with van der Waals surface area (Å²) in [7, 11) is 1.58. The van der Waals surface area contributed by atoms with Gasteiger partial charge in [-0.05, 0) is 49.9 Å². The highest BCUT2D eigenvalue weighted by Gasteiger charge is 2.14. The molecular formula is C14H20FNO. The van der Waals surface area contributed by atoms with Crippen molar-refractivity contribution in [1.82, 2.24) is 5.32 Å². The molecule has 1 aliphatic rings. The van der Waals surface area contributed by atoms with Gasteiger partial charge < -0.3 is 10.1 Å². The summed E-state index contributed by atoms with van der Waals surface area (Å²) >= 11 is 0. The zero-order chi connectivity index (χ0) is 12.1. The largest absolute Gasteiger partial charge is 0.380 e. The molecule has 1 N–H and O–H groups in total. The lowest BCUT2D eigenvalue weighted by molar-refractivity contribution is 0.181. The molecule has 2 nitrogen and oxygen atoms in total. The summed E-state index contributed by atoms with van der Waals surface area (Å²) in [6.07, 6.45) is 3.44. The molecule has 0 aliphatic carbocycles. The zero-order valence-electron chi connectivity index (χ0n) is 10.3. The number of hydrogen-bond donors (Lipinski definition) is 1. The third kappa shape index (κ3) is 3.51. The molecular weight excluding hydrogens is 217 g/mol. The second kappa shape index (κ2) is 6.12. The van der Waals surface area contributed by atoms with Gasteiger partial charge in [-0.15, -0.1) is 0 Å². The second-order valence-corrected chi connectivity index (χ2v) is 4.78. The molecule has 1 aliphatic heterocycles. The summed E-state index contributed by atoms with van der Waals surface area (Å²) < 4.78 is 18.6. The summed E-state index contributed by atoms with van der Waals surface area (Å²) in [4.78, 5) is 0. The average Bonchev–Trinajstić information content (AvgIpc) is 2.34. The second-order valence-electron chi connectivity index (χ2n) is 4.78. The van der Waals surface area contributed by atoms with Crippen LogP contribution in [0.15, 0.2) is 18.2 Å². The predicted molar refractivity (Wildman–Crippen MR) is 66.4 cm³/mol. The molecule has 1 aromatic carbocycles. The van der Waals surface area contributed by atoms with Crippen LogP contribution in [0.2, 0.25) is 0 Å². The number of nitrogens with one attached hydrogen (secondary N) is 1. The van der Waals surface area contributed by atoms with Crippen LogP contribution in [0.5, 0.6) is 0 Å². The molecule has 0 aromatic heterocycles. The van der Waals surface area contributed by atoms with Crippen molar-refractivity contribution < 1.29 is 9.13 Å². The molecule has 0 radical (unpaired) electrons. The Morgan fingerprint density at radius 2 is 2.35 bits per heavy atom. The first kappa shape index (κ1) is 12.5. The van der Waals surface area contributed by atoms with Crippen LogP contribution in [0.4, 0.5) is 4.39 Å². The fourth-order valence-electron chi connectivity index (χ4n) is 2.42. The molecule has 1 saturated heterocycles. The monoisotopic (exact) mass is 237 g/mol. The Morgan fingerprint density at radius 3 is 3.00 bits per heavy atom. The topological polar surface area (TPSA) is 21.3 Å². The van der Waals surface area contributed by atoms with Crippen molar-refractivity contribution in [3.05, 3.63) is 35.1 Å². The minimum atomic E-state index is -0.145. The lowest BCUT2D eigenvalue weighted by atomic mass is 9.92. The Kier molecular flexibility index (Phi) is 4.51. The fraction of sp³-hybridized carbons (Fsp3) is 0.571. The molecule has 2 rings (SSSR count). The van der Waals surface area contributed by atoms with Crippen LogP contribution in [-0.4, -0.2) is 20.2 Å². The highest BCUT2D eigenvalue weighted by molar-refractivity contribution is 5.24. The Morgan fingerprint density at radius 1 is 1.47 bits per heavy atom. The third-order valence-corrected chi connectivity index (χ3v) is 3.34. The summed E-state index contributed by atoms with van der Waals surface area (Å²) in [6.45, 7) is 2.52. The van der Waals surface area contributed by atoms with Crippen molar-refractivity contribution >= 4 is 0 Å². The quantitative estimate of drug-likeness (QED) is 0.868. The first-order valence-corrected chi connectivity index (χ1v) is 6.26. The Hall–Kier alpha value is -0.930. The Bertz CT molecular complexity index is 361. The smallest absolute Gasteiger partial charge is 0.128 e. The minimum Gasteiger partial charge on any atom is -0.380 e. The summed E-state index contributed by atoms with van der Waals surface area (Å²) in [5.41, 5.74) is 1.73. The van der Waals surface area contributed by atoms with E-state index in [1.807, 2.05) is 12.1 Å². The van der Waals surface area contributed by atoms with E-state index < -0.39 is 0 Å². The van der Waals surface area contributed by atoms with Crippen molar-refractivity contribution in [3.63, 3.8) is 0 Å². The van der Waals surface area contributed by atoms with Gasteiger partial charge in [0, 0.05) is 12.7 Å². The molecule has 1 heterocycles. The van der Waals surface area contributed by atoms with Crippen LogP contribution in [0.25, 0.3) is 0 Å². The number of ether oxygens (including phenoxy) is 1. The van der Waals surface area contributed by atoms with Crippen LogP contribution in [0, 0.1) is 11.7 Å². The van der Waals surface area contributed by atoms with Crippen molar-refractivity contribution in [1.29, 1.82) is 0 Å². The van der Waals surface area contributed by atoms with Crippen molar-refractivity contribution in [2.45, 2.75) is 25.9 Å². The van der Waals surface area contributed by atoms with Crippen LogP contribution >= 0.6 is 0 Å². The third-order valence-electron chi connectivity index (χ3n) is 3.34. The van der Waals surface area contributed by atoms with E-state index in [4.69, 9.17) is 4.74 Å². The Labute approximate surface area is 102 Å². The fourth-order valence-corrected chi connectivity index (χ4v) is 2.42. The molecule has 1 unspecified atom stereocenters. The van der Waals surface area contributed by atoms with E-state index in [1.165, 1.54) is 12.8 Å². The first-order chi connectivity index (χ1) is 8.29. The van der Waals surface area contributed by atoms with Gasteiger partial charge in [0.15, 0.2) is 0 Å². The van der Waals surface area contributed by atoms with Gasteiger partial charge in [0.1, 0.15) is 5.82 Å². The van der Waals surface area contributed by atoms with Crippen LogP contribution < -0.4 is 5.32 Å². The average molecular weight is 237 g/mol. The number of benzene rings is 1. The van der Waals surface area contributed by atoms with E-state index in [0.717, 1.165) is 25.1 Å². The van der Waals surface area contributed by atoms with Gasteiger partial charge in [0.05, 0.1) is 6.61 Å². The predicted octanol–water partition coefficient (Wildman–Crippen LogP) is 2.51. The maximum atomic E-state index is 13.7. The molecule has 0 amide bonds. The van der Waals surface area contributed by atoms with Gasteiger partial charge in [-0.3, -0.25) is 0 Å². The lowest BCUT2D eigenvalue weighted by Gasteiger charge is -2.22. The molecule has 0 spiro atoms. The van der Waals surface area contributed by atoms with Gasteiger partial charge in [-0.2, -0.15) is 0 Å². The van der Waals surface area contributed by atoms with Gasteiger partial charge >= 0.3 is 0 Å². The number of rotatable bonds is 4. The van der Waals surface area contributed by atoms with Crippen LogP contribution in [0.3, 0.4) is 0 Å². The molecule has 0 bridgehead atoms. The normalized spacial score (nSPS) is 20.5. The molecule has 3 heteroatoms. The maximum Gasteiger partial charge on any atom is 0.128 e. The standard InChI is InChI=1S/C14H20FNO/c1-17-10-13-5-4-11(8-14(13)15)7-12-3-2-6-16-9-12/h4-5,8,12,16H,2-3,6-7,9-10H2,1H3. The van der Waals surface area contributed by atoms with E-state index in [2.05, 4.69) is 5.32 Å². The number of piperidine rings is 1. The zero-order valence-corrected chi connectivity index (χ0v) is 10.3. The number of methoxy groups -OCH3 is 1. The maximum absolute atomic E-state index is 13.7. The van der Waals surface area contributed by atoms with Gasteiger partial charge in [-0.25, -0.2) is 4.39 Å². The lowest BCUT2D eigenvalue weighted by Crippen LogP contribution is -2.30. The molecule has 17 heavy (non-hydrogen) atoms. The summed E-state index contributed by atoms with van der Waals surface area (Å²) in [5.74, 6) is 0.504. The van der Waals surface area contributed by atoms with Crippen LogP contribution in [-0.2, 0) is 17.8 Å². The number of hydrogen-bond acceptors (Lipinski definition) is 2. The van der Waals surface area contributed by atoms with Gasteiger partial charge in [0.25, 0.3) is 0 Å². The van der Waals surface area contributed by atoms with Crippen molar-refractivity contribution in [2.24, 2.45) is 5.92 Å². The van der Waals surface area contributed by atoms with Crippen molar-refractivity contribution in [2.75, 3.05) is 20.2 Å². The summed E-state index contributed by atoms with van der Waals surface area (Å²) in [5, 5.41) is 3.39. The van der Waals surface area contributed by atoms with E-state index in [1.54, 1.807) is 13.2 Å². The van der Waals surface area contributed by atoms with Crippen molar-refractivity contribution in [3.8, 4) is 0 Å². The molecule has 94 valence electrons. The van der Waals surface area contributed by atoms with Gasteiger partial charge in [0.2, 0.25) is 0 Å². The Balaban J connectivity index is 1.98. The SMILES string of the molecule is COCc1ccc(CC2CCCNC2)cc1F.